The van der Waals surface area contributed by atoms with Gasteiger partial charge in [0.05, 0.1) is 13.7 Å². The van der Waals surface area contributed by atoms with Crippen LogP contribution >= 0.6 is 0 Å². The van der Waals surface area contributed by atoms with Gasteiger partial charge in [-0.1, -0.05) is 25.5 Å². The van der Waals surface area contributed by atoms with E-state index < -0.39 is 0 Å². The molecule has 0 radical (unpaired) electrons. The molecule has 2 rings (SSSR count). The number of hydrogen-bond donors (Lipinski definition) is 0. The van der Waals surface area contributed by atoms with Crippen molar-refractivity contribution in [3.63, 3.8) is 0 Å². The molecule has 1 heterocycles. The van der Waals surface area contributed by atoms with Gasteiger partial charge < -0.3 is 4.74 Å². The van der Waals surface area contributed by atoms with Crippen LogP contribution in [0.5, 0.6) is 5.75 Å². The molecule has 0 unspecified atom stereocenters. The van der Waals surface area contributed by atoms with Crippen LogP contribution in [0.4, 0.5) is 0 Å². The topological polar surface area (TPSA) is 52.8 Å². The van der Waals surface area contributed by atoms with Crippen molar-refractivity contribution in [1.82, 2.24) is 20.2 Å². The monoisotopic (exact) mass is 232 g/mol. The van der Waals surface area contributed by atoms with Gasteiger partial charge in [-0.2, -0.15) is 4.80 Å². The third-order valence-corrected chi connectivity index (χ3v) is 2.49. The standard InChI is InChI=1S/C12H16N4O/c1-3-4-8-16-14-12(13-15-16)10-6-5-7-11(9-10)17-2/h5-7,9H,3-4,8H2,1-2H3. The fourth-order valence-electron chi connectivity index (χ4n) is 1.52. The molecule has 1 aromatic heterocycles. The predicted molar refractivity (Wildman–Crippen MR) is 64.7 cm³/mol. The van der Waals surface area contributed by atoms with Gasteiger partial charge in [0.25, 0.3) is 0 Å². The van der Waals surface area contributed by atoms with E-state index in [2.05, 4.69) is 22.3 Å². The first kappa shape index (κ1) is 11.6. The lowest BCUT2D eigenvalue weighted by Crippen LogP contribution is -2.01. The minimum Gasteiger partial charge on any atom is -0.497 e. The molecule has 0 spiro atoms. The molecule has 0 aliphatic heterocycles. The average Bonchev–Trinajstić information content (AvgIpc) is 2.85. The second-order valence-electron chi connectivity index (χ2n) is 3.79. The molecule has 0 fully saturated rings. The van der Waals surface area contributed by atoms with Crippen LogP contribution in [-0.4, -0.2) is 27.3 Å². The average molecular weight is 232 g/mol. The molecule has 5 nitrogen and oxygen atoms in total. The van der Waals surface area contributed by atoms with Gasteiger partial charge >= 0.3 is 0 Å². The molecule has 2 aromatic rings. The summed E-state index contributed by atoms with van der Waals surface area (Å²) >= 11 is 0. The molecule has 5 heteroatoms. The summed E-state index contributed by atoms with van der Waals surface area (Å²) in [7, 11) is 1.64. The van der Waals surface area contributed by atoms with Crippen LogP contribution in [0.25, 0.3) is 11.4 Å². The van der Waals surface area contributed by atoms with E-state index in [0.717, 1.165) is 30.7 Å². The predicted octanol–water partition coefficient (Wildman–Crippen LogP) is 2.15. The van der Waals surface area contributed by atoms with E-state index in [1.54, 1.807) is 11.9 Å². The Morgan fingerprint density at radius 3 is 3.00 bits per heavy atom. The second kappa shape index (κ2) is 5.43. The number of ether oxygens (including phenoxy) is 1. The van der Waals surface area contributed by atoms with Crippen molar-refractivity contribution >= 4 is 0 Å². The Kier molecular flexibility index (Phi) is 3.69. The fraction of sp³-hybridized carbons (Fsp3) is 0.417. The first-order valence-electron chi connectivity index (χ1n) is 5.75. The molecule has 0 bridgehead atoms. The first-order chi connectivity index (χ1) is 8.33. The lowest BCUT2D eigenvalue weighted by molar-refractivity contribution is 0.415. The minimum absolute atomic E-state index is 0.639. The van der Waals surface area contributed by atoms with E-state index in [-0.39, 0.29) is 0 Å². The van der Waals surface area contributed by atoms with E-state index in [4.69, 9.17) is 4.74 Å². The van der Waals surface area contributed by atoms with Crippen LogP contribution in [-0.2, 0) is 6.54 Å². The van der Waals surface area contributed by atoms with Crippen LogP contribution in [0, 0.1) is 0 Å². The maximum absolute atomic E-state index is 5.17. The summed E-state index contributed by atoms with van der Waals surface area (Å²) in [6.45, 7) is 2.95. The van der Waals surface area contributed by atoms with Gasteiger partial charge in [0.2, 0.25) is 5.82 Å². The summed E-state index contributed by atoms with van der Waals surface area (Å²) in [5.74, 6) is 1.44. The van der Waals surface area contributed by atoms with Crippen molar-refractivity contribution < 1.29 is 4.74 Å². The molecule has 1 aromatic carbocycles. The smallest absolute Gasteiger partial charge is 0.205 e. The molecule has 0 atom stereocenters. The molecule has 0 aliphatic rings. The quantitative estimate of drug-likeness (QED) is 0.792. The number of aryl methyl sites for hydroxylation is 1. The number of hydrogen-bond acceptors (Lipinski definition) is 4. The van der Waals surface area contributed by atoms with E-state index in [1.807, 2.05) is 24.3 Å². The van der Waals surface area contributed by atoms with E-state index >= 15 is 0 Å². The first-order valence-corrected chi connectivity index (χ1v) is 5.75. The normalized spacial score (nSPS) is 10.5. The Labute approximate surface area is 100 Å². The van der Waals surface area contributed by atoms with E-state index in [9.17, 15) is 0 Å². The van der Waals surface area contributed by atoms with Gasteiger partial charge in [-0.25, -0.2) is 0 Å². The lowest BCUT2D eigenvalue weighted by atomic mass is 10.2. The number of unbranched alkanes of at least 4 members (excludes halogenated alkanes) is 1. The molecule has 90 valence electrons. The van der Waals surface area contributed by atoms with E-state index in [1.165, 1.54) is 0 Å². The van der Waals surface area contributed by atoms with Crippen LogP contribution in [0.1, 0.15) is 19.8 Å². The Balaban J connectivity index is 2.18. The second-order valence-corrected chi connectivity index (χ2v) is 3.79. The zero-order chi connectivity index (χ0) is 12.1. The molecule has 0 aliphatic carbocycles. The summed E-state index contributed by atoms with van der Waals surface area (Å²) in [5.41, 5.74) is 0.923. The van der Waals surface area contributed by atoms with Gasteiger partial charge in [0, 0.05) is 5.56 Å². The van der Waals surface area contributed by atoms with Crippen molar-refractivity contribution in [2.45, 2.75) is 26.3 Å². The van der Waals surface area contributed by atoms with Crippen molar-refractivity contribution in [2.75, 3.05) is 7.11 Å². The summed E-state index contributed by atoms with van der Waals surface area (Å²) < 4.78 is 5.17. The Bertz CT molecular complexity index is 481. The summed E-state index contributed by atoms with van der Waals surface area (Å²) in [4.78, 5) is 1.64. The summed E-state index contributed by atoms with van der Waals surface area (Å²) in [6.07, 6.45) is 2.18. The van der Waals surface area contributed by atoms with Gasteiger partial charge in [0.1, 0.15) is 5.75 Å². The zero-order valence-corrected chi connectivity index (χ0v) is 10.1. The SMILES string of the molecule is CCCCn1nnc(-c2cccc(OC)c2)n1. The van der Waals surface area contributed by atoms with Crippen LogP contribution in [0.2, 0.25) is 0 Å². The molecule has 0 saturated heterocycles. The van der Waals surface area contributed by atoms with Gasteiger partial charge in [-0.05, 0) is 23.8 Å². The van der Waals surface area contributed by atoms with Crippen molar-refractivity contribution in [3.05, 3.63) is 24.3 Å². The number of benzene rings is 1. The van der Waals surface area contributed by atoms with Gasteiger partial charge in [0.15, 0.2) is 0 Å². The summed E-state index contributed by atoms with van der Waals surface area (Å²) in [5, 5.41) is 12.4. The van der Waals surface area contributed by atoms with Crippen molar-refractivity contribution in [3.8, 4) is 17.1 Å². The highest BCUT2D eigenvalue weighted by Gasteiger charge is 2.06. The zero-order valence-electron chi connectivity index (χ0n) is 10.1. The molecular weight excluding hydrogens is 216 g/mol. The number of rotatable bonds is 5. The fourth-order valence-corrected chi connectivity index (χ4v) is 1.52. The highest BCUT2D eigenvalue weighted by molar-refractivity contribution is 5.56. The Hall–Kier alpha value is -1.91. The Morgan fingerprint density at radius 1 is 1.35 bits per heavy atom. The molecule has 0 N–H and O–H groups in total. The van der Waals surface area contributed by atoms with Gasteiger partial charge in [-0.15, -0.1) is 10.2 Å². The minimum atomic E-state index is 0.639. The number of methoxy groups -OCH3 is 1. The van der Waals surface area contributed by atoms with Crippen LogP contribution in [0.3, 0.4) is 0 Å². The number of nitrogens with zero attached hydrogens (tertiary/aromatic N) is 4. The van der Waals surface area contributed by atoms with Crippen LogP contribution in [0.15, 0.2) is 24.3 Å². The molecule has 0 saturated carbocycles. The highest BCUT2D eigenvalue weighted by atomic mass is 16.5. The Morgan fingerprint density at radius 2 is 2.24 bits per heavy atom. The summed E-state index contributed by atoms with van der Waals surface area (Å²) in [6, 6.07) is 7.66. The van der Waals surface area contributed by atoms with Crippen molar-refractivity contribution in [1.29, 1.82) is 0 Å². The van der Waals surface area contributed by atoms with Crippen molar-refractivity contribution in [2.24, 2.45) is 0 Å². The molecule has 17 heavy (non-hydrogen) atoms. The molecular formula is C12H16N4O. The lowest BCUT2D eigenvalue weighted by Gasteiger charge is -2.00. The van der Waals surface area contributed by atoms with Gasteiger partial charge in [-0.3, -0.25) is 0 Å². The third kappa shape index (κ3) is 2.81. The highest BCUT2D eigenvalue weighted by Crippen LogP contribution is 2.19. The van der Waals surface area contributed by atoms with Crippen LogP contribution < -0.4 is 4.74 Å². The maximum atomic E-state index is 5.17. The largest absolute Gasteiger partial charge is 0.497 e. The number of tetrazole rings is 1. The number of aromatic nitrogens is 4. The van der Waals surface area contributed by atoms with E-state index in [0.29, 0.717) is 5.82 Å². The third-order valence-electron chi connectivity index (χ3n) is 2.49. The maximum Gasteiger partial charge on any atom is 0.205 e. The molecule has 0 amide bonds.